The molecule has 2 heterocycles. The van der Waals surface area contributed by atoms with Crippen molar-refractivity contribution in [3.8, 4) is 0 Å². The lowest BCUT2D eigenvalue weighted by molar-refractivity contribution is -0.128. The van der Waals surface area contributed by atoms with Crippen LogP contribution in [0, 0.1) is 12.8 Å². The Morgan fingerprint density at radius 2 is 2.26 bits per heavy atom. The van der Waals surface area contributed by atoms with Crippen LogP contribution in [0.15, 0.2) is 10.6 Å². The number of nitrogens with one attached hydrogen (secondary N) is 1. The molecule has 6 heteroatoms. The summed E-state index contributed by atoms with van der Waals surface area (Å²) in [6, 6.07) is 1.61. The summed E-state index contributed by atoms with van der Waals surface area (Å²) >= 11 is 0. The van der Waals surface area contributed by atoms with Crippen molar-refractivity contribution in [3.05, 3.63) is 17.5 Å². The van der Waals surface area contributed by atoms with E-state index >= 15 is 0 Å². The fraction of sp³-hybridized carbons (Fsp3) is 0.615. The highest BCUT2D eigenvalue weighted by molar-refractivity contribution is 5.94. The van der Waals surface area contributed by atoms with E-state index in [1.165, 1.54) is 0 Å². The number of hydrogen-bond acceptors (Lipinski definition) is 4. The molecule has 1 aliphatic rings. The van der Waals surface area contributed by atoms with Crippen LogP contribution in [0.1, 0.15) is 36.0 Å². The van der Waals surface area contributed by atoms with E-state index in [-0.39, 0.29) is 17.7 Å². The van der Waals surface area contributed by atoms with Gasteiger partial charge in [-0.15, -0.1) is 0 Å². The van der Waals surface area contributed by atoms with Crippen molar-refractivity contribution in [2.24, 2.45) is 5.92 Å². The minimum atomic E-state index is -0.172. The first-order valence-corrected chi connectivity index (χ1v) is 6.62. The molecule has 0 atom stereocenters. The van der Waals surface area contributed by atoms with Gasteiger partial charge in [-0.25, -0.2) is 0 Å². The molecule has 0 spiro atoms. The standard InChI is InChI=1S/C13H19N3O3/c1-3-4-5-14-12(17)10-7-16(8-10)13(18)11-6-9(2)19-15-11/h6,10H,3-5,7-8H2,1-2H3,(H,14,17). The maximum Gasteiger partial charge on any atom is 0.276 e. The van der Waals surface area contributed by atoms with Gasteiger partial charge in [-0.1, -0.05) is 18.5 Å². The largest absolute Gasteiger partial charge is 0.361 e. The minimum Gasteiger partial charge on any atom is -0.361 e. The second-order valence-electron chi connectivity index (χ2n) is 4.87. The van der Waals surface area contributed by atoms with Gasteiger partial charge < -0.3 is 14.7 Å². The summed E-state index contributed by atoms with van der Waals surface area (Å²) in [6.07, 6.45) is 2.04. The van der Waals surface area contributed by atoms with Crippen LogP contribution in [0.4, 0.5) is 0 Å². The van der Waals surface area contributed by atoms with Crippen LogP contribution in [0.25, 0.3) is 0 Å². The molecule has 19 heavy (non-hydrogen) atoms. The Morgan fingerprint density at radius 1 is 1.53 bits per heavy atom. The number of unbranched alkanes of at least 4 members (excludes halogenated alkanes) is 1. The zero-order valence-corrected chi connectivity index (χ0v) is 11.3. The molecular formula is C13H19N3O3. The fourth-order valence-electron chi connectivity index (χ4n) is 1.97. The number of aryl methyl sites for hydroxylation is 1. The summed E-state index contributed by atoms with van der Waals surface area (Å²) in [4.78, 5) is 25.3. The molecule has 1 aromatic rings. The van der Waals surface area contributed by atoms with E-state index < -0.39 is 0 Å². The van der Waals surface area contributed by atoms with Gasteiger partial charge in [-0.2, -0.15) is 0 Å². The highest BCUT2D eigenvalue weighted by Crippen LogP contribution is 2.18. The SMILES string of the molecule is CCCCNC(=O)C1CN(C(=O)c2cc(C)on2)C1. The zero-order chi connectivity index (χ0) is 13.8. The Kier molecular flexibility index (Phi) is 4.19. The van der Waals surface area contributed by atoms with Crippen LogP contribution in [0.2, 0.25) is 0 Å². The van der Waals surface area contributed by atoms with E-state index in [0.29, 0.717) is 31.1 Å². The number of carbonyl (C=O) groups is 2. The van der Waals surface area contributed by atoms with E-state index in [2.05, 4.69) is 17.4 Å². The lowest BCUT2D eigenvalue weighted by Gasteiger charge is -2.37. The van der Waals surface area contributed by atoms with Crippen LogP contribution in [-0.4, -0.2) is 41.5 Å². The Balaban J connectivity index is 1.76. The minimum absolute atomic E-state index is 0.0360. The summed E-state index contributed by atoms with van der Waals surface area (Å²) < 4.78 is 4.87. The molecule has 1 fully saturated rings. The number of hydrogen-bond donors (Lipinski definition) is 1. The number of nitrogens with zero attached hydrogens (tertiary/aromatic N) is 2. The van der Waals surface area contributed by atoms with Crippen molar-refractivity contribution >= 4 is 11.8 Å². The zero-order valence-electron chi connectivity index (χ0n) is 11.3. The lowest BCUT2D eigenvalue weighted by Crippen LogP contribution is -2.55. The topological polar surface area (TPSA) is 75.4 Å². The van der Waals surface area contributed by atoms with Crippen molar-refractivity contribution in [2.45, 2.75) is 26.7 Å². The average Bonchev–Trinajstić information content (AvgIpc) is 2.74. The van der Waals surface area contributed by atoms with Crippen molar-refractivity contribution < 1.29 is 14.1 Å². The summed E-state index contributed by atoms with van der Waals surface area (Å²) in [5.41, 5.74) is 0.308. The average molecular weight is 265 g/mol. The molecule has 0 bridgehead atoms. The van der Waals surface area contributed by atoms with Crippen LogP contribution in [-0.2, 0) is 4.79 Å². The van der Waals surface area contributed by atoms with Gasteiger partial charge in [0.05, 0.1) is 5.92 Å². The first-order valence-electron chi connectivity index (χ1n) is 6.62. The van der Waals surface area contributed by atoms with Crippen LogP contribution in [0.3, 0.4) is 0 Å². The summed E-state index contributed by atoms with van der Waals surface area (Å²) in [5.74, 6) is 0.384. The van der Waals surface area contributed by atoms with Gasteiger partial charge in [0.25, 0.3) is 5.91 Å². The van der Waals surface area contributed by atoms with Crippen LogP contribution < -0.4 is 5.32 Å². The number of aromatic nitrogens is 1. The predicted octanol–water partition coefficient (Wildman–Crippen LogP) is 0.971. The van der Waals surface area contributed by atoms with E-state index in [1.54, 1.807) is 17.9 Å². The normalized spacial score (nSPS) is 15.2. The third-order valence-electron chi connectivity index (χ3n) is 3.22. The second-order valence-corrected chi connectivity index (χ2v) is 4.87. The van der Waals surface area contributed by atoms with E-state index in [9.17, 15) is 9.59 Å². The number of likely N-dealkylation sites (tertiary alicyclic amines) is 1. The number of rotatable bonds is 5. The highest BCUT2D eigenvalue weighted by Gasteiger charge is 2.36. The first kappa shape index (κ1) is 13.6. The summed E-state index contributed by atoms with van der Waals surface area (Å²) in [6.45, 7) is 5.45. The van der Waals surface area contributed by atoms with E-state index in [1.807, 2.05) is 0 Å². The van der Waals surface area contributed by atoms with Gasteiger partial charge in [0.2, 0.25) is 5.91 Å². The molecule has 0 unspecified atom stereocenters. The summed E-state index contributed by atoms with van der Waals surface area (Å²) in [7, 11) is 0. The van der Waals surface area contributed by atoms with Crippen molar-refractivity contribution in [3.63, 3.8) is 0 Å². The Morgan fingerprint density at radius 3 is 2.84 bits per heavy atom. The highest BCUT2D eigenvalue weighted by atomic mass is 16.5. The van der Waals surface area contributed by atoms with E-state index in [4.69, 9.17) is 4.52 Å². The number of amides is 2. The maximum atomic E-state index is 11.9. The quantitative estimate of drug-likeness (QED) is 0.805. The fourth-order valence-corrected chi connectivity index (χ4v) is 1.97. The lowest BCUT2D eigenvalue weighted by atomic mass is 9.98. The van der Waals surface area contributed by atoms with Gasteiger partial charge in [-0.3, -0.25) is 9.59 Å². The Labute approximate surface area is 112 Å². The molecule has 1 saturated heterocycles. The summed E-state index contributed by atoms with van der Waals surface area (Å²) in [5, 5.41) is 6.56. The third kappa shape index (κ3) is 3.13. The van der Waals surface area contributed by atoms with Crippen LogP contribution >= 0.6 is 0 Å². The molecule has 0 saturated carbocycles. The Bertz CT molecular complexity index is 463. The smallest absolute Gasteiger partial charge is 0.276 e. The molecule has 1 aliphatic heterocycles. The molecule has 0 aromatic carbocycles. The third-order valence-corrected chi connectivity index (χ3v) is 3.22. The van der Waals surface area contributed by atoms with Gasteiger partial charge in [0.1, 0.15) is 5.76 Å². The molecule has 2 amide bonds. The predicted molar refractivity (Wildman–Crippen MR) is 68.6 cm³/mol. The van der Waals surface area contributed by atoms with Gasteiger partial charge in [0.15, 0.2) is 5.69 Å². The van der Waals surface area contributed by atoms with Crippen molar-refractivity contribution in [2.75, 3.05) is 19.6 Å². The molecule has 1 aromatic heterocycles. The Hall–Kier alpha value is -1.85. The molecule has 6 nitrogen and oxygen atoms in total. The van der Waals surface area contributed by atoms with Gasteiger partial charge >= 0.3 is 0 Å². The molecule has 2 rings (SSSR count). The molecule has 104 valence electrons. The monoisotopic (exact) mass is 265 g/mol. The van der Waals surface area contributed by atoms with Crippen molar-refractivity contribution in [1.29, 1.82) is 0 Å². The van der Waals surface area contributed by atoms with Gasteiger partial charge in [-0.05, 0) is 13.3 Å². The molecule has 1 N–H and O–H groups in total. The molecule has 0 radical (unpaired) electrons. The first-order chi connectivity index (χ1) is 9.11. The maximum absolute atomic E-state index is 11.9. The van der Waals surface area contributed by atoms with E-state index in [0.717, 1.165) is 12.8 Å². The molecule has 0 aliphatic carbocycles. The second kappa shape index (κ2) is 5.86. The molecular weight excluding hydrogens is 246 g/mol. The van der Waals surface area contributed by atoms with Crippen LogP contribution in [0.5, 0.6) is 0 Å². The van der Waals surface area contributed by atoms with Crippen molar-refractivity contribution in [1.82, 2.24) is 15.4 Å². The van der Waals surface area contributed by atoms with Gasteiger partial charge in [0, 0.05) is 25.7 Å². The number of carbonyl (C=O) groups excluding carboxylic acids is 2.